The van der Waals surface area contributed by atoms with E-state index in [1.807, 2.05) is 0 Å². The Labute approximate surface area is 143 Å². The molecule has 24 heavy (non-hydrogen) atoms. The molecule has 0 radical (unpaired) electrons. The van der Waals surface area contributed by atoms with Crippen molar-refractivity contribution in [3.05, 3.63) is 42.2 Å². The standard InChI is InChI=1S/C19H25N5/c1-23-11-8-15(16-6-2-3-7-17(16)23)13-20-18-12-19(22-14-21-18)24-9-4-5-10-24/h2-3,6-7,12,14-15H,4-5,8-11,13H2,1H3,(H,20,21,22). The SMILES string of the molecule is CN1CCC(CNc2cc(N3CCCC3)ncn2)c2ccccc21. The molecule has 0 aliphatic carbocycles. The molecule has 1 fully saturated rings. The van der Waals surface area contributed by atoms with E-state index in [2.05, 4.69) is 62.5 Å². The summed E-state index contributed by atoms with van der Waals surface area (Å²) in [5.74, 6) is 2.51. The second kappa shape index (κ2) is 6.67. The van der Waals surface area contributed by atoms with Gasteiger partial charge in [0.05, 0.1) is 0 Å². The van der Waals surface area contributed by atoms with Crippen LogP contribution in [-0.4, -0.2) is 43.2 Å². The number of aromatic nitrogens is 2. The molecule has 0 spiro atoms. The summed E-state index contributed by atoms with van der Waals surface area (Å²) in [6.07, 6.45) is 5.38. The summed E-state index contributed by atoms with van der Waals surface area (Å²) in [5.41, 5.74) is 2.79. The van der Waals surface area contributed by atoms with Crippen LogP contribution in [-0.2, 0) is 0 Å². The van der Waals surface area contributed by atoms with Gasteiger partial charge < -0.3 is 15.1 Å². The van der Waals surface area contributed by atoms with E-state index < -0.39 is 0 Å². The minimum absolute atomic E-state index is 0.530. The van der Waals surface area contributed by atoms with E-state index in [1.165, 1.54) is 30.5 Å². The third-order valence-corrected chi connectivity index (χ3v) is 5.21. The van der Waals surface area contributed by atoms with E-state index in [4.69, 9.17) is 0 Å². The highest BCUT2D eigenvalue weighted by atomic mass is 15.2. The number of anilines is 3. The summed E-state index contributed by atoms with van der Waals surface area (Å²) in [7, 11) is 2.18. The monoisotopic (exact) mass is 323 g/mol. The first-order valence-electron chi connectivity index (χ1n) is 8.92. The number of rotatable bonds is 4. The average Bonchev–Trinajstić information content (AvgIpc) is 3.16. The number of nitrogens with zero attached hydrogens (tertiary/aromatic N) is 4. The maximum absolute atomic E-state index is 4.43. The molecule has 2 aromatic rings. The molecule has 2 aliphatic heterocycles. The largest absolute Gasteiger partial charge is 0.374 e. The van der Waals surface area contributed by atoms with Gasteiger partial charge in [-0.25, -0.2) is 9.97 Å². The highest BCUT2D eigenvalue weighted by Gasteiger charge is 2.22. The lowest BCUT2D eigenvalue weighted by molar-refractivity contribution is 0.613. The number of hydrogen-bond acceptors (Lipinski definition) is 5. The minimum Gasteiger partial charge on any atom is -0.374 e. The lowest BCUT2D eigenvalue weighted by atomic mass is 9.90. The molecule has 1 unspecified atom stereocenters. The van der Waals surface area contributed by atoms with Gasteiger partial charge in [-0.1, -0.05) is 18.2 Å². The van der Waals surface area contributed by atoms with E-state index in [-0.39, 0.29) is 0 Å². The number of para-hydroxylation sites is 1. The van der Waals surface area contributed by atoms with Gasteiger partial charge in [-0.3, -0.25) is 0 Å². The van der Waals surface area contributed by atoms with Crippen molar-refractivity contribution in [1.82, 2.24) is 9.97 Å². The first-order chi connectivity index (χ1) is 11.8. The van der Waals surface area contributed by atoms with Crippen molar-refractivity contribution in [2.45, 2.75) is 25.2 Å². The number of fused-ring (bicyclic) bond motifs is 1. The van der Waals surface area contributed by atoms with Gasteiger partial charge in [0.15, 0.2) is 0 Å². The van der Waals surface area contributed by atoms with Crippen LogP contribution >= 0.6 is 0 Å². The topological polar surface area (TPSA) is 44.3 Å². The smallest absolute Gasteiger partial charge is 0.134 e. The Bertz CT molecular complexity index is 696. The molecule has 126 valence electrons. The second-order valence-corrected chi connectivity index (χ2v) is 6.80. The summed E-state index contributed by atoms with van der Waals surface area (Å²) in [5, 5.41) is 3.54. The van der Waals surface area contributed by atoms with Crippen LogP contribution in [0.25, 0.3) is 0 Å². The maximum Gasteiger partial charge on any atom is 0.134 e. The number of hydrogen-bond donors (Lipinski definition) is 1. The first kappa shape index (κ1) is 15.2. The van der Waals surface area contributed by atoms with Gasteiger partial charge in [0, 0.05) is 50.9 Å². The van der Waals surface area contributed by atoms with Crippen LogP contribution < -0.4 is 15.1 Å². The number of benzene rings is 1. The first-order valence-corrected chi connectivity index (χ1v) is 8.92. The fourth-order valence-corrected chi connectivity index (χ4v) is 3.81. The molecule has 0 bridgehead atoms. The number of nitrogens with one attached hydrogen (secondary N) is 1. The second-order valence-electron chi connectivity index (χ2n) is 6.80. The molecule has 2 aliphatic rings. The van der Waals surface area contributed by atoms with E-state index >= 15 is 0 Å². The lowest BCUT2D eigenvalue weighted by Gasteiger charge is -2.33. The van der Waals surface area contributed by atoms with Gasteiger partial charge in [-0.2, -0.15) is 0 Å². The van der Waals surface area contributed by atoms with Gasteiger partial charge >= 0.3 is 0 Å². The maximum atomic E-state index is 4.43. The van der Waals surface area contributed by atoms with Crippen molar-refractivity contribution < 1.29 is 0 Å². The predicted molar refractivity (Wildman–Crippen MR) is 99.0 cm³/mol. The molecule has 0 amide bonds. The van der Waals surface area contributed by atoms with Crippen molar-refractivity contribution in [2.24, 2.45) is 0 Å². The summed E-state index contributed by atoms with van der Waals surface area (Å²) in [6.45, 7) is 4.24. The van der Waals surface area contributed by atoms with Crippen LogP contribution in [0, 0.1) is 0 Å². The summed E-state index contributed by atoms with van der Waals surface area (Å²) < 4.78 is 0. The van der Waals surface area contributed by atoms with E-state index in [9.17, 15) is 0 Å². The molecule has 3 heterocycles. The van der Waals surface area contributed by atoms with Crippen LogP contribution in [0.4, 0.5) is 17.3 Å². The van der Waals surface area contributed by atoms with Crippen LogP contribution in [0.5, 0.6) is 0 Å². The zero-order chi connectivity index (χ0) is 16.4. The van der Waals surface area contributed by atoms with Gasteiger partial charge in [0.1, 0.15) is 18.0 Å². The van der Waals surface area contributed by atoms with Crippen molar-refractivity contribution >= 4 is 17.3 Å². The van der Waals surface area contributed by atoms with Crippen molar-refractivity contribution in [3.8, 4) is 0 Å². The zero-order valence-corrected chi connectivity index (χ0v) is 14.3. The summed E-state index contributed by atoms with van der Waals surface area (Å²) >= 11 is 0. The van der Waals surface area contributed by atoms with Crippen molar-refractivity contribution in [1.29, 1.82) is 0 Å². The van der Waals surface area contributed by atoms with Crippen molar-refractivity contribution in [2.75, 3.05) is 48.3 Å². The Morgan fingerprint density at radius 1 is 1.12 bits per heavy atom. The van der Waals surface area contributed by atoms with Crippen LogP contribution in [0.1, 0.15) is 30.7 Å². The zero-order valence-electron chi connectivity index (χ0n) is 14.3. The molecule has 0 saturated carbocycles. The molecular weight excluding hydrogens is 298 g/mol. The highest BCUT2D eigenvalue weighted by molar-refractivity contribution is 5.57. The van der Waals surface area contributed by atoms with E-state index in [0.717, 1.165) is 37.8 Å². The fraction of sp³-hybridized carbons (Fsp3) is 0.474. The Hall–Kier alpha value is -2.30. The predicted octanol–water partition coefficient (Wildman–Crippen LogP) is 3.11. The Balaban J connectivity index is 1.46. The van der Waals surface area contributed by atoms with Crippen LogP contribution in [0.2, 0.25) is 0 Å². The van der Waals surface area contributed by atoms with Gasteiger partial charge in [-0.15, -0.1) is 0 Å². The van der Waals surface area contributed by atoms with Gasteiger partial charge in [-0.05, 0) is 30.9 Å². The lowest BCUT2D eigenvalue weighted by Crippen LogP contribution is -2.30. The molecule has 4 rings (SSSR count). The third kappa shape index (κ3) is 3.03. The van der Waals surface area contributed by atoms with Crippen molar-refractivity contribution in [3.63, 3.8) is 0 Å². The molecule has 1 aromatic carbocycles. The molecule has 1 aromatic heterocycles. The Morgan fingerprint density at radius 3 is 2.83 bits per heavy atom. The summed E-state index contributed by atoms with van der Waals surface area (Å²) in [4.78, 5) is 13.5. The van der Waals surface area contributed by atoms with Gasteiger partial charge in [0.2, 0.25) is 0 Å². The summed E-state index contributed by atoms with van der Waals surface area (Å²) in [6, 6.07) is 10.8. The average molecular weight is 323 g/mol. The molecule has 1 N–H and O–H groups in total. The molecular formula is C19H25N5. The van der Waals surface area contributed by atoms with Crippen LogP contribution in [0.15, 0.2) is 36.7 Å². The third-order valence-electron chi connectivity index (χ3n) is 5.21. The molecule has 1 saturated heterocycles. The quantitative estimate of drug-likeness (QED) is 0.936. The minimum atomic E-state index is 0.530. The van der Waals surface area contributed by atoms with Gasteiger partial charge in [0.25, 0.3) is 0 Å². The normalized spacial score (nSPS) is 20.1. The fourth-order valence-electron chi connectivity index (χ4n) is 3.81. The highest BCUT2D eigenvalue weighted by Crippen LogP contribution is 2.34. The Kier molecular flexibility index (Phi) is 4.24. The van der Waals surface area contributed by atoms with Crippen LogP contribution in [0.3, 0.4) is 0 Å². The van der Waals surface area contributed by atoms with E-state index in [0.29, 0.717) is 5.92 Å². The molecule has 5 nitrogen and oxygen atoms in total. The van der Waals surface area contributed by atoms with E-state index in [1.54, 1.807) is 6.33 Å². The Morgan fingerprint density at radius 2 is 1.96 bits per heavy atom. The molecule has 5 heteroatoms. The molecule has 1 atom stereocenters.